The van der Waals surface area contributed by atoms with Gasteiger partial charge in [0.15, 0.2) is 6.61 Å². The van der Waals surface area contributed by atoms with Gasteiger partial charge < -0.3 is 20.1 Å². The molecule has 2 bridgehead atoms. The van der Waals surface area contributed by atoms with E-state index in [-0.39, 0.29) is 24.7 Å². The number of fused-ring (bicyclic) bond motifs is 2. The fourth-order valence-corrected chi connectivity index (χ4v) is 2.62. The highest BCUT2D eigenvalue weighted by Crippen LogP contribution is 2.26. The third kappa shape index (κ3) is 2.81. The zero-order valence-corrected chi connectivity index (χ0v) is 10.7. The number of nitrogen functional groups attached to an aromatic ring is 1. The van der Waals surface area contributed by atoms with Crippen molar-refractivity contribution in [1.82, 2.24) is 4.90 Å². The summed E-state index contributed by atoms with van der Waals surface area (Å²) in [6.07, 6.45) is 2.57. The Morgan fingerprint density at radius 2 is 1.89 bits per heavy atom. The van der Waals surface area contributed by atoms with E-state index in [9.17, 15) is 4.79 Å². The highest BCUT2D eigenvalue weighted by atomic mass is 16.5. The van der Waals surface area contributed by atoms with Crippen molar-refractivity contribution in [2.75, 3.05) is 25.4 Å². The Bertz CT molecular complexity index is 448. The molecule has 5 heteroatoms. The Morgan fingerprint density at radius 3 is 2.53 bits per heavy atom. The van der Waals surface area contributed by atoms with Crippen LogP contribution < -0.4 is 10.5 Å². The number of hydrogen-bond acceptors (Lipinski definition) is 4. The van der Waals surface area contributed by atoms with E-state index in [4.69, 9.17) is 15.2 Å². The van der Waals surface area contributed by atoms with Crippen LogP contribution in [0.5, 0.6) is 5.75 Å². The van der Waals surface area contributed by atoms with Gasteiger partial charge >= 0.3 is 0 Å². The molecule has 2 aliphatic heterocycles. The van der Waals surface area contributed by atoms with E-state index >= 15 is 0 Å². The van der Waals surface area contributed by atoms with E-state index < -0.39 is 0 Å². The van der Waals surface area contributed by atoms with Gasteiger partial charge in [0.1, 0.15) is 5.75 Å². The third-order valence-corrected chi connectivity index (χ3v) is 3.64. The van der Waals surface area contributed by atoms with Crippen molar-refractivity contribution in [3.8, 4) is 5.75 Å². The summed E-state index contributed by atoms with van der Waals surface area (Å²) < 4.78 is 11.2. The number of carbonyl (C=O) groups is 1. The van der Waals surface area contributed by atoms with Gasteiger partial charge in [0, 0.05) is 18.8 Å². The molecule has 0 saturated carbocycles. The summed E-state index contributed by atoms with van der Waals surface area (Å²) in [7, 11) is 0. The number of nitrogens with zero attached hydrogens (tertiary/aromatic N) is 1. The van der Waals surface area contributed by atoms with E-state index in [0.29, 0.717) is 24.5 Å². The summed E-state index contributed by atoms with van der Waals surface area (Å²) >= 11 is 0. The lowest BCUT2D eigenvalue weighted by Crippen LogP contribution is -2.47. The van der Waals surface area contributed by atoms with Crippen LogP contribution >= 0.6 is 0 Å². The maximum Gasteiger partial charge on any atom is 0.260 e. The molecule has 2 atom stereocenters. The van der Waals surface area contributed by atoms with Crippen LogP contribution in [0.2, 0.25) is 0 Å². The second-order valence-electron chi connectivity index (χ2n) is 5.11. The minimum atomic E-state index is 0.0250. The zero-order valence-electron chi connectivity index (χ0n) is 10.7. The molecule has 2 heterocycles. The number of morpholine rings is 1. The maximum atomic E-state index is 12.1. The average Bonchev–Trinajstić information content (AvgIpc) is 2.76. The molecule has 0 spiro atoms. The molecule has 2 aliphatic rings. The zero-order chi connectivity index (χ0) is 13.2. The lowest BCUT2D eigenvalue weighted by atomic mass is 10.2. The van der Waals surface area contributed by atoms with Gasteiger partial charge in [-0.1, -0.05) is 0 Å². The minimum Gasteiger partial charge on any atom is -0.484 e. The van der Waals surface area contributed by atoms with Crippen LogP contribution in [-0.2, 0) is 9.53 Å². The van der Waals surface area contributed by atoms with E-state index in [1.807, 2.05) is 4.90 Å². The number of amides is 1. The number of benzene rings is 1. The lowest BCUT2D eigenvalue weighted by molar-refractivity contribution is -0.141. The first kappa shape index (κ1) is 12.3. The molecule has 102 valence electrons. The first-order valence-corrected chi connectivity index (χ1v) is 6.62. The predicted molar refractivity (Wildman–Crippen MR) is 70.8 cm³/mol. The fourth-order valence-electron chi connectivity index (χ4n) is 2.62. The van der Waals surface area contributed by atoms with Crippen molar-refractivity contribution in [3.63, 3.8) is 0 Å². The Kier molecular flexibility index (Phi) is 3.29. The molecular formula is C14H18N2O3. The quantitative estimate of drug-likeness (QED) is 0.827. The number of likely N-dealkylation sites (tertiary alicyclic amines) is 1. The van der Waals surface area contributed by atoms with Crippen LogP contribution in [0.1, 0.15) is 12.8 Å². The second kappa shape index (κ2) is 5.09. The van der Waals surface area contributed by atoms with Gasteiger partial charge in [-0.2, -0.15) is 0 Å². The number of carbonyl (C=O) groups excluding carboxylic acids is 1. The Balaban J connectivity index is 1.52. The van der Waals surface area contributed by atoms with Crippen LogP contribution in [0.15, 0.2) is 24.3 Å². The molecule has 2 unspecified atom stereocenters. The summed E-state index contributed by atoms with van der Waals surface area (Å²) in [5.74, 6) is 0.691. The largest absolute Gasteiger partial charge is 0.484 e. The molecule has 0 radical (unpaired) electrons. The van der Waals surface area contributed by atoms with E-state index in [1.165, 1.54) is 0 Å². The summed E-state index contributed by atoms with van der Waals surface area (Å²) in [5, 5.41) is 0. The molecule has 3 rings (SSSR count). The Labute approximate surface area is 112 Å². The van der Waals surface area contributed by atoms with Crippen molar-refractivity contribution in [2.45, 2.75) is 25.0 Å². The van der Waals surface area contributed by atoms with Gasteiger partial charge in [0.2, 0.25) is 0 Å². The molecule has 1 aromatic carbocycles. The van der Waals surface area contributed by atoms with E-state index in [1.54, 1.807) is 24.3 Å². The Morgan fingerprint density at radius 1 is 1.26 bits per heavy atom. The standard InChI is InChI=1S/C14H18N2O3/c15-10-1-3-11(4-2-10)18-9-14(17)16-7-12-5-6-13(8-16)19-12/h1-4,12-13H,5-9,15H2. The highest BCUT2D eigenvalue weighted by Gasteiger charge is 2.35. The Hall–Kier alpha value is -1.75. The molecule has 2 fully saturated rings. The maximum absolute atomic E-state index is 12.1. The first-order valence-electron chi connectivity index (χ1n) is 6.62. The highest BCUT2D eigenvalue weighted by molar-refractivity contribution is 5.78. The number of rotatable bonds is 3. The van der Waals surface area contributed by atoms with Crippen LogP contribution in [0.25, 0.3) is 0 Å². The monoisotopic (exact) mass is 262 g/mol. The van der Waals surface area contributed by atoms with Gasteiger partial charge in [-0.05, 0) is 37.1 Å². The van der Waals surface area contributed by atoms with Crippen molar-refractivity contribution < 1.29 is 14.3 Å². The lowest BCUT2D eigenvalue weighted by Gasteiger charge is -2.32. The van der Waals surface area contributed by atoms with Crippen LogP contribution in [0, 0.1) is 0 Å². The summed E-state index contributed by atoms with van der Waals surface area (Å²) in [6, 6.07) is 7.06. The number of ether oxygens (including phenoxy) is 2. The molecule has 1 aromatic rings. The average molecular weight is 262 g/mol. The molecule has 5 nitrogen and oxygen atoms in total. The number of anilines is 1. The van der Waals surface area contributed by atoms with Crippen molar-refractivity contribution in [2.24, 2.45) is 0 Å². The second-order valence-corrected chi connectivity index (χ2v) is 5.11. The smallest absolute Gasteiger partial charge is 0.260 e. The summed E-state index contributed by atoms with van der Waals surface area (Å²) in [6.45, 7) is 1.46. The molecule has 1 amide bonds. The van der Waals surface area contributed by atoms with Gasteiger partial charge in [-0.15, -0.1) is 0 Å². The normalized spacial score (nSPS) is 25.4. The van der Waals surface area contributed by atoms with E-state index in [0.717, 1.165) is 12.8 Å². The number of hydrogen-bond donors (Lipinski definition) is 1. The summed E-state index contributed by atoms with van der Waals surface area (Å²) in [5.41, 5.74) is 6.28. The van der Waals surface area contributed by atoms with Gasteiger partial charge in [-0.25, -0.2) is 0 Å². The topological polar surface area (TPSA) is 64.8 Å². The van der Waals surface area contributed by atoms with Crippen molar-refractivity contribution in [3.05, 3.63) is 24.3 Å². The third-order valence-electron chi connectivity index (χ3n) is 3.64. The molecular weight excluding hydrogens is 244 g/mol. The molecule has 0 aliphatic carbocycles. The van der Waals surface area contributed by atoms with Crippen LogP contribution in [0.3, 0.4) is 0 Å². The number of nitrogens with two attached hydrogens (primary N) is 1. The van der Waals surface area contributed by atoms with Gasteiger partial charge in [0.05, 0.1) is 12.2 Å². The molecule has 19 heavy (non-hydrogen) atoms. The molecule has 2 N–H and O–H groups in total. The SMILES string of the molecule is Nc1ccc(OCC(=O)N2CC3CCC(C2)O3)cc1. The van der Waals surface area contributed by atoms with Crippen molar-refractivity contribution in [1.29, 1.82) is 0 Å². The van der Waals surface area contributed by atoms with Gasteiger partial charge in [0.25, 0.3) is 5.91 Å². The predicted octanol–water partition coefficient (Wildman–Crippen LogP) is 1.04. The fraction of sp³-hybridized carbons (Fsp3) is 0.500. The molecule has 0 aromatic heterocycles. The van der Waals surface area contributed by atoms with Crippen LogP contribution in [-0.4, -0.2) is 42.7 Å². The minimum absolute atomic E-state index is 0.0250. The van der Waals surface area contributed by atoms with E-state index in [2.05, 4.69) is 0 Å². The van der Waals surface area contributed by atoms with Gasteiger partial charge in [-0.3, -0.25) is 4.79 Å². The van der Waals surface area contributed by atoms with Crippen LogP contribution in [0.4, 0.5) is 5.69 Å². The molecule has 2 saturated heterocycles. The first-order chi connectivity index (χ1) is 9.20. The van der Waals surface area contributed by atoms with Crippen molar-refractivity contribution >= 4 is 11.6 Å². The summed E-state index contributed by atoms with van der Waals surface area (Å²) in [4.78, 5) is 13.9.